The van der Waals surface area contributed by atoms with E-state index in [2.05, 4.69) is 0 Å². The van der Waals surface area contributed by atoms with Crippen LogP contribution < -0.4 is 5.11 Å². The van der Waals surface area contributed by atoms with E-state index in [1.54, 1.807) is 0 Å². The van der Waals surface area contributed by atoms with Crippen molar-refractivity contribution in [3.63, 3.8) is 0 Å². The van der Waals surface area contributed by atoms with E-state index in [4.69, 9.17) is 9.90 Å². The molecule has 0 saturated heterocycles. The number of carboxylic acids is 1. The Morgan fingerprint density at radius 3 is 0.917 bits per heavy atom. The van der Waals surface area contributed by atoms with Crippen molar-refractivity contribution >= 4 is 81.4 Å². The average molecular weight is 231 g/mol. The first-order chi connectivity index (χ1) is 1.73. The number of hydrogen-bond donors (Lipinski definition) is 0. The van der Waals surface area contributed by atoms with Gasteiger partial charge in [-0.1, -0.05) is 0 Å². The Hall–Kier alpha value is 1.95. The molecule has 12 heavy (non-hydrogen) atoms. The second kappa shape index (κ2) is 75.5. The molecule has 0 heterocycles. The van der Waals surface area contributed by atoms with Gasteiger partial charge in [0.2, 0.25) is 0 Å². The molecule has 0 rings (SSSR count). The van der Waals surface area contributed by atoms with Crippen LogP contribution in [-0.4, -0.2) is 86.9 Å². The number of carbonyl (C=O) groups excluding carboxylic acids is 1. The second-order valence-corrected chi connectivity index (χ2v) is 0.492. The summed E-state index contributed by atoms with van der Waals surface area (Å²) in [5, 5.41) is 8.89. The molecule has 1 N–H and O–H groups in total. The zero-order valence-electron chi connectivity index (χ0n) is 9.18. The molecule has 0 amide bonds. The van der Waals surface area contributed by atoms with Crippen LogP contribution in [0.4, 0.5) is 0 Å². The van der Waals surface area contributed by atoms with Crippen molar-refractivity contribution in [3.8, 4) is 0 Å². The second-order valence-electron chi connectivity index (χ2n) is 0.492. The van der Waals surface area contributed by atoms with Gasteiger partial charge in [-0.2, -0.15) is 0 Å². The van der Waals surface area contributed by atoms with Gasteiger partial charge < -0.3 is 52.5 Å². The Morgan fingerprint density at radius 1 is 0.917 bits per heavy atom. The van der Waals surface area contributed by atoms with Crippen LogP contribution in [0.3, 0.4) is 0 Å². The van der Waals surface area contributed by atoms with Gasteiger partial charge in [-0.05, 0) is 6.92 Å². The summed E-state index contributed by atoms with van der Waals surface area (Å²) < 4.78 is 0. The van der Waals surface area contributed by atoms with E-state index >= 15 is 0 Å². The van der Waals surface area contributed by atoms with Gasteiger partial charge in [0.05, 0.1) is 0 Å². The third-order valence-corrected chi connectivity index (χ3v) is 0. The number of rotatable bonds is 0. The molecule has 0 aliphatic heterocycles. The smallest absolute Gasteiger partial charge is 0.870 e. The van der Waals surface area contributed by atoms with Crippen molar-refractivity contribution in [3.05, 3.63) is 37.1 Å². The van der Waals surface area contributed by atoms with Gasteiger partial charge >= 0.3 is 75.5 Å². The van der Waals surface area contributed by atoms with E-state index in [1.807, 2.05) is 0 Å². The van der Waals surface area contributed by atoms with Crippen molar-refractivity contribution in [2.75, 3.05) is 0 Å². The third-order valence-electron chi connectivity index (χ3n) is 0. The molecule has 72 valence electrons. The predicted molar refractivity (Wildman–Crippen MR) is 56.2 cm³/mol. The molecule has 0 fully saturated rings. The molecule has 0 radical (unpaired) electrons. The topological polar surface area (TPSA) is 70.1 Å². The van der Waals surface area contributed by atoms with Gasteiger partial charge in [0.15, 0.2) is 0 Å². The van der Waals surface area contributed by atoms with Gasteiger partial charge in [0.1, 0.15) is 0 Å². The first-order valence-electron chi connectivity index (χ1n) is 0.908. The van der Waals surface area contributed by atoms with Gasteiger partial charge in [-0.25, -0.2) is 0 Å². The molecule has 0 saturated carbocycles. The number of aliphatic carboxylic acids is 1. The van der Waals surface area contributed by atoms with Crippen molar-refractivity contribution in [2.24, 2.45) is 0 Å². The summed E-state index contributed by atoms with van der Waals surface area (Å²) in [6, 6.07) is 0. The van der Waals surface area contributed by atoms with Crippen molar-refractivity contribution in [1.29, 1.82) is 0 Å². The SMILES string of the molecule is CC(=O)[O-].[CH3-].[CH3-].[CH3-].[CH3-].[CH3-].[Ca+2].[Ca+2].[OH-]. The average Bonchev–Trinajstić information content (AvgIpc) is 0.811. The summed E-state index contributed by atoms with van der Waals surface area (Å²) in [6.45, 7) is 0.972. The van der Waals surface area contributed by atoms with Gasteiger partial charge in [-0.15, -0.1) is 0 Å². The van der Waals surface area contributed by atoms with Crippen molar-refractivity contribution < 1.29 is 15.4 Å². The fourth-order valence-corrected chi connectivity index (χ4v) is 0. The number of carboxylic acid groups (broad SMARTS) is 1. The zero-order chi connectivity index (χ0) is 3.58. The summed E-state index contributed by atoms with van der Waals surface area (Å²) in [5.41, 5.74) is 0. The first kappa shape index (κ1) is 95.5. The summed E-state index contributed by atoms with van der Waals surface area (Å²) in [6.07, 6.45) is 0. The summed E-state index contributed by atoms with van der Waals surface area (Å²) in [7, 11) is 0. The molecular formula is C7H19Ca2O3-3. The van der Waals surface area contributed by atoms with Crippen LogP contribution in [0.25, 0.3) is 0 Å². The minimum Gasteiger partial charge on any atom is -0.870 e. The monoisotopic (exact) mass is 231 g/mol. The van der Waals surface area contributed by atoms with E-state index < -0.39 is 5.97 Å². The molecule has 0 aromatic heterocycles. The zero-order valence-corrected chi connectivity index (χ0v) is 13.6. The fourth-order valence-electron chi connectivity index (χ4n) is 0. The normalized spacial score (nSPS) is 2.08. The van der Waals surface area contributed by atoms with E-state index in [0.29, 0.717) is 0 Å². The molecule has 0 spiro atoms. The Kier molecular flexibility index (Phi) is 601. The predicted octanol–water partition coefficient (Wildman–Crippen LogP) is 0.0693. The van der Waals surface area contributed by atoms with Gasteiger partial charge in [0.25, 0.3) is 0 Å². The van der Waals surface area contributed by atoms with Crippen LogP contribution in [0, 0.1) is 37.1 Å². The van der Waals surface area contributed by atoms with Crippen LogP contribution in [0.1, 0.15) is 6.92 Å². The molecule has 5 heteroatoms. The minimum atomic E-state index is -1.08. The maximum absolute atomic E-state index is 8.89. The molecule has 0 aliphatic carbocycles. The number of carbonyl (C=O) groups is 1. The fraction of sp³-hybridized carbons (Fsp3) is 0.143. The Balaban J connectivity index is -0.00000000161. The third kappa shape index (κ3) is 377. The van der Waals surface area contributed by atoms with Gasteiger partial charge in [-0.3, -0.25) is 0 Å². The van der Waals surface area contributed by atoms with E-state index in [-0.39, 0.29) is 118 Å². The van der Waals surface area contributed by atoms with E-state index in [0.717, 1.165) is 6.92 Å². The van der Waals surface area contributed by atoms with Crippen LogP contribution in [0.15, 0.2) is 0 Å². The van der Waals surface area contributed by atoms with E-state index in [9.17, 15) is 0 Å². The van der Waals surface area contributed by atoms with Crippen LogP contribution in [0.2, 0.25) is 0 Å². The molecule has 3 nitrogen and oxygen atoms in total. The largest absolute Gasteiger partial charge is 2.00 e. The molecule has 0 unspecified atom stereocenters. The summed E-state index contributed by atoms with van der Waals surface area (Å²) >= 11 is 0. The molecule has 0 aromatic carbocycles. The van der Waals surface area contributed by atoms with Crippen LogP contribution >= 0.6 is 0 Å². The molecule has 0 aromatic rings. The number of hydrogen-bond acceptors (Lipinski definition) is 3. The van der Waals surface area contributed by atoms with E-state index in [1.165, 1.54) is 0 Å². The Morgan fingerprint density at radius 2 is 0.917 bits per heavy atom. The maximum atomic E-state index is 8.89. The molecular weight excluding hydrogens is 212 g/mol. The Labute approximate surface area is 139 Å². The van der Waals surface area contributed by atoms with Gasteiger partial charge in [0, 0.05) is 5.97 Å². The molecule has 0 atom stereocenters. The molecule has 0 bridgehead atoms. The van der Waals surface area contributed by atoms with Crippen molar-refractivity contribution in [2.45, 2.75) is 6.92 Å². The minimum absolute atomic E-state index is 0. The van der Waals surface area contributed by atoms with Crippen LogP contribution in [0.5, 0.6) is 0 Å². The summed E-state index contributed by atoms with van der Waals surface area (Å²) in [5.74, 6) is -1.08. The Bertz CT molecular complexity index is 39.6. The van der Waals surface area contributed by atoms with Crippen molar-refractivity contribution in [1.82, 2.24) is 0 Å². The van der Waals surface area contributed by atoms with Crippen LogP contribution in [-0.2, 0) is 4.79 Å². The maximum Gasteiger partial charge on any atom is 2.00 e. The summed E-state index contributed by atoms with van der Waals surface area (Å²) in [4.78, 5) is 8.89. The quantitative estimate of drug-likeness (QED) is 0.437. The first-order valence-corrected chi connectivity index (χ1v) is 0.908. The standard InChI is InChI=1S/C2H4O2.5CH3.2Ca.H2O/c1-2(3)4;;;;;;;;/h1H3,(H,3,4);5*1H3;;;1H2/q;5*-1;2*+2;/p-2. The molecule has 0 aliphatic rings.